The van der Waals surface area contributed by atoms with Crippen molar-refractivity contribution in [1.82, 2.24) is 15.5 Å². The fourth-order valence-corrected chi connectivity index (χ4v) is 3.44. The molecule has 2 heterocycles. The maximum atomic E-state index is 14.0. The van der Waals surface area contributed by atoms with Crippen molar-refractivity contribution in [2.24, 2.45) is 0 Å². The molecule has 31 heavy (non-hydrogen) atoms. The van der Waals surface area contributed by atoms with E-state index in [9.17, 15) is 27.6 Å². The Morgan fingerprint density at radius 3 is 2.45 bits per heavy atom. The first-order valence-electron chi connectivity index (χ1n) is 9.00. The lowest BCUT2D eigenvalue weighted by molar-refractivity contribution is -0.122. The molecule has 1 fully saturated rings. The number of fused-ring (bicyclic) bond motifs is 1. The summed E-state index contributed by atoms with van der Waals surface area (Å²) in [6.45, 7) is -0.248. The molecule has 0 aliphatic carbocycles. The molecule has 2 aliphatic rings. The van der Waals surface area contributed by atoms with Gasteiger partial charge < -0.3 is 15.0 Å². The summed E-state index contributed by atoms with van der Waals surface area (Å²) < 4.78 is 46.2. The predicted molar refractivity (Wildman–Crippen MR) is 100 cm³/mol. The number of ether oxygens (including phenoxy) is 1. The zero-order valence-corrected chi connectivity index (χ0v) is 16.0. The SMILES string of the molecule is COc1ccc2c(c1)C(=O)N(C[C@@]1(C#Cc3c(F)cc(F)cc3F)NC(=O)NC1=O)C2. The molecule has 7 nitrogen and oxygen atoms in total. The minimum Gasteiger partial charge on any atom is -0.497 e. The lowest BCUT2D eigenvalue weighted by atomic mass is 9.99. The van der Waals surface area contributed by atoms with Crippen LogP contribution >= 0.6 is 0 Å². The van der Waals surface area contributed by atoms with Crippen molar-refractivity contribution in [3.8, 4) is 17.6 Å². The molecule has 4 rings (SSSR count). The van der Waals surface area contributed by atoms with E-state index in [0.717, 1.165) is 0 Å². The van der Waals surface area contributed by atoms with Crippen LogP contribution in [-0.2, 0) is 11.3 Å². The van der Waals surface area contributed by atoms with Crippen LogP contribution in [0, 0.1) is 29.3 Å². The molecule has 2 aliphatic heterocycles. The van der Waals surface area contributed by atoms with E-state index in [1.54, 1.807) is 18.2 Å². The van der Waals surface area contributed by atoms with Gasteiger partial charge in [-0.2, -0.15) is 0 Å². The van der Waals surface area contributed by atoms with Crippen LogP contribution < -0.4 is 15.4 Å². The summed E-state index contributed by atoms with van der Waals surface area (Å²) in [6, 6.07) is 4.94. The Kier molecular flexibility index (Phi) is 4.81. The monoisotopic (exact) mass is 429 g/mol. The molecule has 0 saturated carbocycles. The van der Waals surface area contributed by atoms with Gasteiger partial charge in [0.15, 0.2) is 0 Å². The highest BCUT2D eigenvalue weighted by Gasteiger charge is 2.48. The normalized spacial score (nSPS) is 19.5. The molecule has 0 aromatic heterocycles. The summed E-state index contributed by atoms with van der Waals surface area (Å²) in [5.41, 5.74) is -1.68. The number of nitrogens with one attached hydrogen (secondary N) is 2. The molecule has 4 amide bonds. The first kappa shape index (κ1) is 20.3. The second-order valence-corrected chi connectivity index (χ2v) is 6.99. The quantitative estimate of drug-likeness (QED) is 0.575. The number of halogens is 3. The minimum atomic E-state index is -1.95. The summed E-state index contributed by atoms with van der Waals surface area (Å²) in [5.74, 6) is 0.0552. The highest BCUT2D eigenvalue weighted by Crippen LogP contribution is 2.28. The molecule has 0 radical (unpaired) electrons. The third kappa shape index (κ3) is 3.54. The second-order valence-electron chi connectivity index (χ2n) is 6.99. The van der Waals surface area contributed by atoms with Crippen molar-refractivity contribution in [3.05, 3.63) is 64.5 Å². The lowest BCUT2D eigenvalue weighted by Crippen LogP contribution is -2.54. The number of imide groups is 1. The van der Waals surface area contributed by atoms with E-state index in [-0.39, 0.29) is 13.1 Å². The number of urea groups is 1. The summed E-state index contributed by atoms with van der Waals surface area (Å²) in [6.07, 6.45) is 0. The van der Waals surface area contributed by atoms with Gasteiger partial charge >= 0.3 is 6.03 Å². The van der Waals surface area contributed by atoms with Gasteiger partial charge in [0.25, 0.3) is 11.8 Å². The Bertz CT molecular complexity index is 1180. The lowest BCUT2D eigenvalue weighted by Gasteiger charge is -2.26. The molecule has 2 N–H and O–H groups in total. The Labute approximate surface area is 174 Å². The van der Waals surface area contributed by atoms with Gasteiger partial charge in [-0.05, 0) is 17.7 Å². The van der Waals surface area contributed by atoms with E-state index in [0.29, 0.717) is 29.0 Å². The van der Waals surface area contributed by atoms with Gasteiger partial charge in [-0.15, -0.1) is 0 Å². The van der Waals surface area contributed by atoms with Gasteiger partial charge in [-0.25, -0.2) is 18.0 Å². The number of carbonyl (C=O) groups excluding carboxylic acids is 3. The molecule has 1 saturated heterocycles. The van der Waals surface area contributed by atoms with E-state index >= 15 is 0 Å². The molecule has 0 spiro atoms. The molecule has 2 aromatic carbocycles. The Balaban J connectivity index is 1.69. The van der Waals surface area contributed by atoms with Crippen molar-refractivity contribution in [2.75, 3.05) is 13.7 Å². The molecule has 2 aromatic rings. The van der Waals surface area contributed by atoms with Crippen LogP contribution in [0.4, 0.5) is 18.0 Å². The Morgan fingerprint density at radius 1 is 1.13 bits per heavy atom. The smallest absolute Gasteiger partial charge is 0.323 e. The van der Waals surface area contributed by atoms with Crippen molar-refractivity contribution < 1.29 is 32.3 Å². The third-order valence-corrected chi connectivity index (χ3v) is 4.97. The van der Waals surface area contributed by atoms with Gasteiger partial charge in [0.1, 0.15) is 23.2 Å². The van der Waals surface area contributed by atoms with Gasteiger partial charge in [-0.3, -0.25) is 14.9 Å². The van der Waals surface area contributed by atoms with Crippen LogP contribution in [0.1, 0.15) is 21.5 Å². The molecule has 1 atom stereocenters. The maximum absolute atomic E-state index is 14.0. The van der Waals surface area contributed by atoms with E-state index in [4.69, 9.17) is 4.74 Å². The van der Waals surface area contributed by atoms with Crippen LogP contribution in [-0.4, -0.2) is 41.9 Å². The summed E-state index contributed by atoms with van der Waals surface area (Å²) in [5, 5.41) is 4.34. The van der Waals surface area contributed by atoms with Gasteiger partial charge in [0, 0.05) is 24.2 Å². The Morgan fingerprint density at radius 2 is 1.84 bits per heavy atom. The van der Waals surface area contributed by atoms with Crippen LogP contribution in [0.5, 0.6) is 5.75 Å². The van der Waals surface area contributed by atoms with Crippen molar-refractivity contribution in [2.45, 2.75) is 12.1 Å². The zero-order valence-electron chi connectivity index (χ0n) is 16.0. The first-order chi connectivity index (χ1) is 14.7. The predicted octanol–water partition coefficient (Wildman–Crippen LogP) is 1.70. The number of carbonyl (C=O) groups is 3. The largest absolute Gasteiger partial charge is 0.497 e. The highest BCUT2D eigenvalue weighted by molar-refractivity contribution is 6.10. The number of methoxy groups -OCH3 is 1. The fraction of sp³-hybridized carbons (Fsp3) is 0.190. The van der Waals surface area contributed by atoms with Crippen molar-refractivity contribution >= 4 is 17.8 Å². The van der Waals surface area contributed by atoms with Crippen LogP contribution in [0.2, 0.25) is 0 Å². The number of benzene rings is 2. The molecule has 0 unspecified atom stereocenters. The highest BCUT2D eigenvalue weighted by atomic mass is 19.1. The number of nitrogens with zero attached hydrogens (tertiary/aromatic N) is 1. The van der Waals surface area contributed by atoms with E-state index < -0.39 is 46.4 Å². The number of hydrogen-bond acceptors (Lipinski definition) is 4. The average molecular weight is 429 g/mol. The van der Waals surface area contributed by atoms with Crippen LogP contribution in [0.3, 0.4) is 0 Å². The van der Waals surface area contributed by atoms with E-state index in [2.05, 4.69) is 17.2 Å². The van der Waals surface area contributed by atoms with E-state index in [1.807, 2.05) is 5.32 Å². The molecule has 158 valence electrons. The van der Waals surface area contributed by atoms with Gasteiger partial charge in [0.2, 0.25) is 5.54 Å². The number of rotatable bonds is 3. The topological polar surface area (TPSA) is 87.7 Å². The summed E-state index contributed by atoms with van der Waals surface area (Å²) >= 11 is 0. The van der Waals surface area contributed by atoms with Crippen LogP contribution in [0.25, 0.3) is 0 Å². The van der Waals surface area contributed by atoms with Crippen molar-refractivity contribution in [1.29, 1.82) is 0 Å². The average Bonchev–Trinajstić information content (AvgIpc) is 3.16. The number of amides is 4. The van der Waals surface area contributed by atoms with Gasteiger partial charge in [0.05, 0.1) is 19.2 Å². The third-order valence-electron chi connectivity index (χ3n) is 4.97. The summed E-state index contributed by atoms with van der Waals surface area (Å²) in [7, 11) is 1.45. The van der Waals surface area contributed by atoms with Crippen LogP contribution in [0.15, 0.2) is 30.3 Å². The molecule has 0 bridgehead atoms. The fourth-order valence-electron chi connectivity index (χ4n) is 3.44. The second kappa shape index (κ2) is 7.36. The molecular weight excluding hydrogens is 415 g/mol. The maximum Gasteiger partial charge on any atom is 0.323 e. The van der Waals surface area contributed by atoms with E-state index in [1.165, 1.54) is 12.0 Å². The summed E-state index contributed by atoms with van der Waals surface area (Å²) in [4.78, 5) is 38.4. The zero-order chi connectivity index (χ0) is 22.3. The number of hydrogen-bond donors (Lipinski definition) is 2. The molecular formula is C21H14F3N3O4. The Hall–Kier alpha value is -4.00. The van der Waals surface area contributed by atoms with Crippen molar-refractivity contribution in [3.63, 3.8) is 0 Å². The molecule has 10 heteroatoms. The van der Waals surface area contributed by atoms with Gasteiger partial charge in [-0.1, -0.05) is 17.9 Å². The first-order valence-corrected chi connectivity index (χ1v) is 9.00. The standard InChI is InChI=1S/C21H14F3N3O4/c1-31-13-3-2-11-9-27(18(28)15(11)8-13)10-21(19(29)25-20(30)26-21)5-4-14-16(23)6-12(22)7-17(14)24/h2-3,6-8H,9-10H2,1H3,(H2,25,26,29,30)/t21-/m1/s1. The minimum absolute atomic E-state index is 0.129.